The topological polar surface area (TPSA) is 111 Å². The molecule has 10 heteroatoms. The lowest BCUT2D eigenvalue weighted by Crippen LogP contribution is -2.51. The molecule has 1 aromatic carbocycles. The zero-order valence-electron chi connectivity index (χ0n) is 12.9. The Morgan fingerprint density at radius 1 is 1.12 bits per heavy atom. The van der Waals surface area contributed by atoms with Crippen molar-refractivity contribution >= 4 is 53.1 Å². The first-order valence-corrected chi connectivity index (χ1v) is 7.73. The molecule has 8 nitrogen and oxygen atoms in total. The van der Waals surface area contributed by atoms with Crippen molar-refractivity contribution in [2.45, 2.75) is 6.92 Å². The second-order valence-electron chi connectivity index (χ2n) is 4.70. The molecular formula is C15H12Cl2N2O6. The van der Waals surface area contributed by atoms with E-state index < -0.39 is 23.8 Å². The summed E-state index contributed by atoms with van der Waals surface area (Å²) in [6.45, 7) is 1.49. The molecule has 132 valence electrons. The molecular weight excluding hydrogens is 375 g/mol. The molecule has 4 amide bonds. The number of urea groups is 1. The van der Waals surface area contributed by atoms with Crippen LogP contribution in [0.25, 0.3) is 6.08 Å². The third-order valence-corrected chi connectivity index (χ3v) is 3.48. The molecule has 1 aliphatic heterocycles. The van der Waals surface area contributed by atoms with Gasteiger partial charge >= 0.3 is 12.0 Å². The minimum absolute atomic E-state index is 0.0614. The minimum atomic E-state index is -0.897. The van der Waals surface area contributed by atoms with Crippen LogP contribution in [0, 0.1) is 0 Å². The summed E-state index contributed by atoms with van der Waals surface area (Å²) in [5.41, 5.74) is 0.0417. The summed E-state index contributed by atoms with van der Waals surface area (Å²) in [6.07, 6.45) is 1.21. The van der Waals surface area contributed by atoms with E-state index in [0.717, 1.165) is 0 Å². The summed E-state index contributed by atoms with van der Waals surface area (Å²) in [7, 11) is 0. The number of rotatable bonds is 5. The molecule has 0 saturated carbocycles. The van der Waals surface area contributed by atoms with Crippen LogP contribution in [-0.2, 0) is 19.1 Å². The summed E-state index contributed by atoms with van der Waals surface area (Å²) >= 11 is 12.1. The molecule has 25 heavy (non-hydrogen) atoms. The van der Waals surface area contributed by atoms with Crippen LogP contribution >= 0.6 is 23.2 Å². The van der Waals surface area contributed by atoms with Gasteiger partial charge in [-0.25, -0.2) is 9.59 Å². The predicted octanol–water partition coefficient (Wildman–Crippen LogP) is 1.68. The van der Waals surface area contributed by atoms with Crippen LogP contribution in [-0.4, -0.2) is 37.0 Å². The molecule has 0 aliphatic carbocycles. The molecule has 2 N–H and O–H groups in total. The maximum atomic E-state index is 11.7. The second-order valence-corrected chi connectivity index (χ2v) is 5.52. The van der Waals surface area contributed by atoms with Gasteiger partial charge in [0.25, 0.3) is 11.8 Å². The lowest BCUT2D eigenvalue weighted by atomic mass is 10.1. The first-order valence-electron chi connectivity index (χ1n) is 6.97. The number of amides is 4. The molecule has 0 bridgehead atoms. The Kier molecular flexibility index (Phi) is 6.00. The first kappa shape index (κ1) is 18.8. The van der Waals surface area contributed by atoms with Gasteiger partial charge in [0.05, 0.1) is 16.7 Å². The number of nitrogens with one attached hydrogen (secondary N) is 2. The van der Waals surface area contributed by atoms with Crippen LogP contribution in [0.1, 0.15) is 12.5 Å². The number of esters is 1. The third kappa shape index (κ3) is 4.71. The van der Waals surface area contributed by atoms with Gasteiger partial charge in [0.1, 0.15) is 5.57 Å². The lowest BCUT2D eigenvalue weighted by molar-refractivity contribution is -0.145. The van der Waals surface area contributed by atoms with E-state index in [1.807, 2.05) is 10.6 Å². The summed E-state index contributed by atoms with van der Waals surface area (Å²) in [5, 5.41) is 4.02. The van der Waals surface area contributed by atoms with Gasteiger partial charge in [-0.15, -0.1) is 0 Å². The molecule has 0 atom stereocenters. The molecule has 0 radical (unpaired) electrons. The van der Waals surface area contributed by atoms with E-state index in [0.29, 0.717) is 5.56 Å². The van der Waals surface area contributed by atoms with Gasteiger partial charge in [-0.2, -0.15) is 0 Å². The van der Waals surface area contributed by atoms with Crippen molar-refractivity contribution in [2.75, 3.05) is 13.2 Å². The highest BCUT2D eigenvalue weighted by Gasteiger charge is 2.27. The number of benzene rings is 1. The Balaban J connectivity index is 2.23. The second kappa shape index (κ2) is 8.00. The molecule has 0 spiro atoms. The lowest BCUT2D eigenvalue weighted by Gasteiger charge is -2.14. The molecule has 1 aliphatic rings. The van der Waals surface area contributed by atoms with Crippen LogP contribution in [0.5, 0.6) is 5.75 Å². The Morgan fingerprint density at radius 3 is 2.20 bits per heavy atom. The van der Waals surface area contributed by atoms with E-state index in [1.54, 1.807) is 6.92 Å². The SMILES string of the molecule is CCOC(=O)COc1c(Cl)cc(C=C2C(=O)NC(=O)NC2=O)cc1Cl. The van der Waals surface area contributed by atoms with Crippen molar-refractivity contribution in [3.05, 3.63) is 33.3 Å². The van der Waals surface area contributed by atoms with Gasteiger partial charge in [-0.1, -0.05) is 23.2 Å². The normalized spacial score (nSPS) is 13.9. The minimum Gasteiger partial charge on any atom is -0.479 e. The quantitative estimate of drug-likeness (QED) is 0.452. The van der Waals surface area contributed by atoms with Crippen LogP contribution in [0.15, 0.2) is 17.7 Å². The summed E-state index contributed by atoms with van der Waals surface area (Å²) in [6, 6.07) is 1.88. The maximum Gasteiger partial charge on any atom is 0.344 e. The number of hydrogen-bond donors (Lipinski definition) is 2. The van der Waals surface area contributed by atoms with Crippen LogP contribution in [0.2, 0.25) is 10.0 Å². The van der Waals surface area contributed by atoms with Crippen LogP contribution in [0.4, 0.5) is 4.79 Å². The van der Waals surface area contributed by atoms with E-state index in [4.69, 9.17) is 32.7 Å². The predicted molar refractivity (Wildman–Crippen MR) is 88.2 cm³/mol. The Bertz CT molecular complexity index is 745. The zero-order chi connectivity index (χ0) is 18.6. The van der Waals surface area contributed by atoms with Gasteiger partial charge in [-0.3, -0.25) is 20.2 Å². The molecule has 1 heterocycles. The Hall–Kier alpha value is -2.58. The zero-order valence-corrected chi connectivity index (χ0v) is 14.4. The molecule has 0 unspecified atom stereocenters. The Labute approximate surface area is 152 Å². The number of imide groups is 2. The summed E-state index contributed by atoms with van der Waals surface area (Å²) in [5.74, 6) is -2.21. The number of carbonyl (C=O) groups is 4. The number of barbiturate groups is 1. The largest absolute Gasteiger partial charge is 0.479 e. The van der Waals surface area contributed by atoms with Crippen molar-refractivity contribution in [3.63, 3.8) is 0 Å². The standard InChI is InChI=1S/C15H12Cl2N2O6/c1-2-24-11(20)6-25-12-9(16)4-7(5-10(12)17)3-8-13(21)18-15(23)19-14(8)22/h3-5H,2,6H2,1H3,(H2,18,19,21,22,23). The van der Waals surface area contributed by atoms with E-state index in [9.17, 15) is 19.2 Å². The fourth-order valence-corrected chi connectivity index (χ4v) is 2.52. The van der Waals surface area contributed by atoms with Crippen molar-refractivity contribution in [2.24, 2.45) is 0 Å². The van der Waals surface area contributed by atoms with Gasteiger partial charge in [0.15, 0.2) is 12.4 Å². The first-order chi connectivity index (χ1) is 11.8. The molecule has 0 aromatic heterocycles. The molecule has 1 fully saturated rings. The monoisotopic (exact) mass is 386 g/mol. The van der Waals surface area contributed by atoms with Crippen molar-refractivity contribution < 1.29 is 28.7 Å². The fourth-order valence-electron chi connectivity index (χ4n) is 1.91. The van der Waals surface area contributed by atoms with Crippen LogP contribution in [0.3, 0.4) is 0 Å². The number of halogens is 2. The van der Waals surface area contributed by atoms with E-state index in [-0.39, 0.29) is 34.6 Å². The number of hydrogen-bond acceptors (Lipinski definition) is 6. The highest BCUT2D eigenvalue weighted by molar-refractivity contribution is 6.37. The maximum absolute atomic E-state index is 11.7. The van der Waals surface area contributed by atoms with Crippen LogP contribution < -0.4 is 15.4 Å². The van der Waals surface area contributed by atoms with Crippen molar-refractivity contribution in [1.29, 1.82) is 0 Å². The smallest absolute Gasteiger partial charge is 0.344 e. The average Bonchev–Trinajstić information content (AvgIpc) is 2.50. The highest BCUT2D eigenvalue weighted by Crippen LogP contribution is 2.35. The molecule has 1 aromatic rings. The van der Waals surface area contributed by atoms with Gasteiger partial charge in [-0.05, 0) is 30.7 Å². The third-order valence-electron chi connectivity index (χ3n) is 2.91. The average molecular weight is 387 g/mol. The van der Waals surface area contributed by atoms with Gasteiger partial charge in [0, 0.05) is 0 Å². The fraction of sp³-hybridized carbons (Fsp3) is 0.200. The Morgan fingerprint density at radius 2 is 1.68 bits per heavy atom. The highest BCUT2D eigenvalue weighted by atomic mass is 35.5. The van der Waals surface area contributed by atoms with Crippen molar-refractivity contribution in [1.82, 2.24) is 10.6 Å². The molecule has 2 rings (SSSR count). The number of ether oxygens (including phenoxy) is 2. The van der Waals surface area contributed by atoms with E-state index in [2.05, 4.69) is 0 Å². The van der Waals surface area contributed by atoms with Gasteiger partial charge < -0.3 is 9.47 Å². The van der Waals surface area contributed by atoms with E-state index in [1.165, 1.54) is 18.2 Å². The number of carbonyl (C=O) groups excluding carboxylic acids is 4. The summed E-state index contributed by atoms with van der Waals surface area (Å²) in [4.78, 5) is 45.7. The van der Waals surface area contributed by atoms with Gasteiger partial charge in [0.2, 0.25) is 0 Å². The molecule has 1 saturated heterocycles. The van der Waals surface area contributed by atoms with Crippen molar-refractivity contribution in [3.8, 4) is 5.75 Å². The van der Waals surface area contributed by atoms with E-state index >= 15 is 0 Å². The summed E-state index contributed by atoms with van der Waals surface area (Å²) < 4.78 is 9.94.